The standard InChI is InChI=1S/C9H13N2/c1-8(2)9-6-10-4-5-11(3)7-9/h4,6-8H,1-3H3/q+1. The first-order valence-corrected chi connectivity index (χ1v) is 3.75. The first kappa shape index (κ1) is 7.96. The summed E-state index contributed by atoms with van der Waals surface area (Å²) in [6.07, 6.45) is 5.59. The van der Waals surface area contributed by atoms with Gasteiger partial charge in [0.25, 0.3) is 0 Å². The molecule has 0 unspecified atom stereocenters. The van der Waals surface area contributed by atoms with Crippen LogP contribution in [0.1, 0.15) is 13.8 Å². The molecule has 0 aliphatic carbocycles. The van der Waals surface area contributed by atoms with Gasteiger partial charge in [0.2, 0.25) is 0 Å². The maximum atomic E-state index is 4.05. The largest absolute Gasteiger partial charge is 0.250 e. The zero-order valence-electron chi connectivity index (χ0n) is 7.20. The molecule has 0 spiro atoms. The Balaban J connectivity index is 2.94. The van der Waals surface area contributed by atoms with Crippen LogP contribution in [0.25, 0.3) is 0 Å². The molecule has 0 aromatic heterocycles. The Morgan fingerprint density at radius 2 is 2.27 bits per heavy atom. The third kappa shape index (κ3) is 2.17. The van der Waals surface area contributed by atoms with Gasteiger partial charge in [-0.3, -0.25) is 0 Å². The van der Waals surface area contributed by atoms with Crippen LogP contribution in [0.4, 0.5) is 0 Å². The molecule has 0 radical (unpaired) electrons. The molecule has 0 aromatic carbocycles. The fourth-order valence-corrected chi connectivity index (χ4v) is 0.840. The van der Waals surface area contributed by atoms with Crippen molar-refractivity contribution in [2.45, 2.75) is 13.8 Å². The van der Waals surface area contributed by atoms with Crippen molar-refractivity contribution in [1.29, 1.82) is 0 Å². The van der Waals surface area contributed by atoms with E-state index in [4.69, 9.17) is 0 Å². The van der Waals surface area contributed by atoms with E-state index < -0.39 is 0 Å². The van der Waals surface area contributed by atoms with Crippen molar-refractivity contribution in [1.82, 2.24) is 0 Å². The minimum Gasteiger partial charge on any atom is -0.250 e. The summed E-state index contributed by atoms with van der Waals surface area (Å²) in [7, 11) is 1.95. The van der Waals surface area contributed by atoms with Crippen LogP contribution in [0.3, 0.4) is 0 Å². The van der Waals surface area contributed by atoms with Gasteiger partial charge < -0.3 is 0 Å². The van der Waals surface area contributed by atoms with E-state index in [0.717, 1.165) is 0 Å². The second-order valence-corrected chi connectivity index (χ2v) is 2.93. The normalized spacial score (nSPS) is 16.4. The summed E-state index contributed by atoms with van der Waals surface area (Å²) in [5.41, 5.74) is 1.23. The van der Waals surface area contributed by atoms with Gasteiger partial charge >= 0.3 is 0 Å². The van der Waals surface area contributed by atoms with E-state index in [1.165, 1.54) is 5.57 Å². The molecule has 0 saturated carbocycles. The van der Waals surface area contributed by atoms with E-state index in [1.807, 2.05) is 24.0 Å². The van der Waals surface area contributed by atoms with Gasteiger partial charge in [0.15, 0.2) is 12.1 Å². The van der Waals surface area contributed by atoms with Gasteiger partial charge in [-0.15, -0.1) is 0 Å². The third-order valence-corrected chi connectivity index (χ3v) is 1.57. The monoisotopic (exact) mass is 149 g/mol. The summed E-state index contributed by atoms with van der Waals surface area (Å²) < 4.78 is 1.89. The Morgan fingerprint density at radius 3 is 2.91 bits per heavy atom. The molecular weight excluding hydrogens is 136 g/mol. The molecule has 0 N–H and O–H groups in total. The summed E-state index contributed by atoms with van der Waals surface area (Å²) >= 11 is 0. The lowest BCUT2D eigenvalue weighted by Crippen LogP contribution is -2.00. The van der Waals surface area contributed by atoms with Crippen molar-refractivity contribution in [2.75, 3.05) is 7.05 Å². The lowest BCUT2D eigenvalue weighted by atomic mass is 10.1. The summed E-state index contributed by atoms with van der Waals surface area (Å²) in [5, 5.41) is 0. The second kappa shape index (κ2) is 3.31. The molecule has 1 rings (SSSR count). The molecule has 0 atom stereocenters. The number of hydrogen-bond acceptors (Lipinski definition) is 1. The number of hydrogen-bond donors (Lipinski definition) is 0. The highest BCUT2D eigenvalue weighted by Crippen LogP contribution is 2.06. The van der Waals surface area contributed by atoms with Gasteiger partial charge in [-0.05, 0) is 5.92 Å². The summed E-state index contributed by atoms with van der Waals surface area (Å²) in [4.78, 5) is 4.05. The van der Waals surface area contributed by atoms with E-state index in [9.17, 15) is 0 Å². The molecule has 0 fully saturated rings. The molecule has 0 aromatic rings. The average molecular weight is 149 g/mol. The highest BCUT2D eigenvalue weighted by atomic mass is 14.9. The van der Waals surface area contributed by atoms with Gasteiger partial charge in [0.1, 0.15) is 13.2 Å². The predicted octanol–water partition coefficient (Wildman–Crippen LogP) is 1.44. The molecule has 0 saturated heterocycles. The van der Waals surface area contributed by atoms with Gasteiger partial charge in [0.05, 0.1) is 0 Å². The summed E-state index contributed by atoms with van der Waals surface area (Å²) in [6, 6.07) is 0. The van der Waals surface area contributed by atoms with Crippen LogP contribution in [-0.4, -0.2) is 23.7 Å². The van der Waals surface area contributed by atoms with E-state index in [1.54, 1.807) is 6.20 Å². The molecule has 58 valence electrons. The molecule has 2 heteroatoms. The molecule has 0 bridgehead atoms. The molecule has 1 aliphatic heterocycles. The smallest absolute Gasteiger partial charge is 0.193 e. The molecule has 1 aliphatic rings. The topological polar surface area (TPSA) is 15.4 Å². The molecule has 0 amide bonds. The van der Waals surface area contributed by atoms with Gasteiger partial charge in [-0.25, -0.2) is 4.99 Å². The molecule has 2 nitrogen and oxygen atoms in total. The van der Waals surface area contributed by atoms with Crippen LogP contribution in [0.5, 0.6) is 0 Å². The van der Waals surface area contributed by atoms with E-state index in [2.05, 4.69) is 24.7 Å². The number of rotatable bonds is 1. The van der Waals surface area contributed by atoms with Crippen LogP contribution in [0.15, 0.2) is 23.0 Å². The van der Waals surface area contributed by atoms with Crippen molar-refractivity contribution in [3.8, 4) is 0 Å². The molecule has 11 heavy (non-hydrogen) atoms. The maximum absolute atomic E-state index is 4.05. The summed E-state index contributed by atoms with van der Waals surface area (Å²) in [6.45, 7) is 4.30. The molecule has 1 heterocycles. The Hall–Kier alpha value is -1.14. The highest BCUT2D eigenvalue weighted by molar-refractivity contribution is 5.80. The van der Waals surface area contributed by atoms with Crippen LogP contribution in [0.2, 0.25) is 0 Å². The maximum Gasteiger partial charge on any atom is 0.193 e. The van der Waals surface area contributed by atoms with E-state index in [0.29, 0.717) is 5.92 Å². The van der Waals surface area contributed by atoms with Gasteiger partial charge in [-0.1, -0.05) is 13.8 Å². The highest BCUT2D eigenvalue weighted by Gasteiger charge is 2.04. The lowest BCUT2D eigenvalue weighted by molar-refractivity contribution is -0.414. The Kier molecular flexibility index (Phi) is 2.40. The van der Waals surface area contributed by atoms with E-state index in [-0.39, 0.29) is 0 Å². The van der Waals surface area contributed by atoms with Crippen molar-refractivity contribution in [3.63, 3.8) is 0 Å². The average Bonchev–Trinajstić information content (AvgIpc) is 2.13. The van der Waals surface area contributed by atoms with Crippen LogP contribution < -0.4 is 0 Å². The van der Waals surface area contributed by atoms with Crippen molar-refractivity contribution >= 4 is 12.1 Å². The zero-order chi connectivity index (χ0) is 8.27. The van der Waals surface area contributed by atoms with Crippen LogP contribution in [0, 0.1) is 5.92 Å². The fraction of sp³-hybridized carbons (Fsp3) is 0.444. The first-order chi connectivity index (χ1) is 5.20. The Bertz CT molecular complexity index is 263. The SMILES string of the molecule is CC(C)C1=C[N+](C)=C=CN=C1. The first-order valence-electron chi connectivity index (χ1n) is 3.75. The number of allylic oxidation sites excluding steroid dienone is 1. The van der Waals surface area contributed by atoms with Crippen molar-refractivity contribution in [3.05, 3.63) is 18.0 Å². The predicted molar refractivity (Wildman–Crippen MR) is 47.2 cm³/mol. The zero-order valence-corrected chi connectivity index (χ0v) is 7.20. The van der Waals surface area contributed by atoms with Gasteiger partial charge in [-0.2, -0.15) is 4.58 Å². The second-order valence-electron chi connectivity index (χ2n) is 2.93. The Labute approximate surface area is 67.3 Å². The van der Waals surface area contributed by atoms with Crippen molar-refractivity contribution < 1.29 is 4.58 Å². The van der Waals surface area contributed by atoms with Gasteiger partial charge in [0, 0.05) is 11.8 Å². The van der Waals surface area contributed by atoms with Crippen molar-refractivity contribution in [2.24, 2.45) is 10.9 Å². The van der Waals surface area contributed by atoms with Crippen LogP contribution >= 0.6 is 0 Å². The minimum atomic E-state index is 0.523. The number of nitrogens with zero attached hydrogens (tertiary/aromatic N) is 2. The minimum absolute atomic E-state index is 0.523. The third-order valence-electron chi connectivity index (χ3n) is 1.57. The Morgan fingerprint density at radius 1 is 1.55 bits per heavy atom. The fourth-order valence-electron chi connectivity index (χ4n) is 0.840. The molecular formula is C9H13N2+. The lowest BCUT2D eigenvalue weighted by Gasteiger charge is -1.99. The van der Waals surface area contributed by atoms with Crippen LogP contribution in [-0.2, 0) is 0 Å². The van der Waals surface area contributed by atoms with E-state index >= 15 is 0 Å². The number of aliphatic imine (C=N–C) groups is 1. The quantitative estimate of drug-likeness (QED) is 0.501. The summed E-state index contributed by atoms with van der Waals surface area (Å²) in [5.74, 6) is 3.49.